The van der Waals surface area contributed by atoms with Crippen molar-refractivity contribution >= 4 is 39.3 Å². The molecule has 0 amide bonds. The summed E-state index contributed by atoms with van der Waals surface area (Å²) in [6, 6.07) is 15.2. The van der Waals surface area contributed by atoms with Crippen molar-refractivity contribution in [1.29, 1.82) is 0 Å². The number of Topliss-reactive ketones (excluding diaryl/α,β-unsaturated/α-hetero) is 1. The molecule has 12 heteroatoms. The molecule has 2 spiro atoms. The van der Waals surface area contributed by atoms with Gasteiger partial charge >= 0.3 is 21.1 Å². The summed E-state index contributed by atoms with van der Waals surface area (Å²) in [6.07, 6.45) is 3.85. The molecule has 0 radical (unpaired) electrons. The van der Waals surface area contributed by atoms with Gasteiger partial charge in [0, 0.05) is 0 Å². The third-order valence-corrected chi connectivity index (χ3v) is 5.35. The van der Waals surface area contributed by atoms with Crippen molar-refractivity contribution in [2.45, 2.75) is 13.8 Å². The van der Waals surface area contributed by atoms with Crippen molar-refractivity contribution < 1.29 is 41.8 Å². The molecule has 0 aromatic heterocycles. The van der Waals surface area contributed by atoms with Crippen LogP contribution in [0.5, 0.6) is 11.5 Å². The van der Waals surface area contributed by atoms with Crippen LogP contribution in [0.15, 0.2) is 48.5 Å². The molecule has 0 saturated carbocycles. The summed E-state index contributed by atoms with van der Waals surface area (Å²) in [7, 11) is -1.56. The lowest BCUT2D eigenvalue weighted by molar-refractivity contribution is -0.487. The second-order valence-electron chi connectivity index (χ2n) is 7.88. The summed E-state index contributed by atoms with van der Waals surface area (Å²) in [4.78, 5) is 9.44. The molecule has 0 unspecified atom stereocenters. The van der Waals surface area contributed by atoms with E-state index in [2.05, 4.69) is 0 Å². The van der Waals surface area contributed by atoms with E-state index in [1.807, 2.05) is 69.9 Å². The van der Waals surface area contributed by atoms with Crippen molar-refractivity contribution in [3.05, 3.63) is 59.7 Å². The molecule has 2 fully saturated rings. The van der Waals surface area contributed by atoms with Gasteiger partial charge in [0.15, 0.2) is 13.1 Å². The van der Waals surface area contributed by atoms with E-state index in [1.165, 1.54) is 13.8 Å². The monoisotopic (exact) mass is 422 g/mol. The molecule has 158 valence electrons. The zero-order valence-electron chi connectivity index (χ0n) is 17.2. The number of benzene rings is 2. The maximum atomic E-state index is 10.4. The zero-order chi connectivity index (χ0) is 21.6. The molecule has 0 aliphatic carbocycles. The minimum absolute atomic E-state index is 0.167. The van der Waals surface area contributed by atoms with E-state index in [0.29, 0.717) is 24.6 Å². The average Bonchev–Trinajstić information content (AvgIpc) is 2.80. The van der Waals surface area contributed by atoms with E-state index in [4.69, 9.17) is 23.0 Å². The summed E-state index contributed by atoms with van der Waals surface area (Å²) >= 11 is 0. The van der Waals surface area contributed by atoms with Gasteiger partial charge in [0.1, 0.15) is 18.2 Å². The van der Waals surface area contributed by atoms with Crippen molar-refractivity contribution in [2.75, 3.05) is 13.1 Å². The largest absolute Gasteiger partial charge is 0.710 e. The molecule has 2 atom stereocenters. The highest BCUT2D eigenvalue weighted by molar-refractivity contribution is 6.78. The molecule has 4 heterocycles. The van der Waals surface area contributed by atoms with Crippen LogP contribution in [0.1, 0.15) is 25.0 Å². The first-order chi connectivity index (χ1) is 14.9. The Hall–Kier alpha value is -2.92. The van der Waals surface area contributed by atoms with E-state index in [9.17, 15) is 9.82 Å². The first kappa shape index (κ1) is 20.0. The lowest BCUT2D eigenvalue weighted by Crippen LogP contribution is -2.76. The fourth-order valence-corrected chi connectivity index (χ4v) is 4.09. The van der Waals surface area contributed by atoms with Crippen LogP contribution in [-0.4, -0.2) is 66.4 Å². The molecule has 4 aliphatic rings. The van der Waals surface area contributed by atoms with Gasteiger partial charge in [-0.2, -0.15) is 0 Å². The summed E-state index contributed by atoms with van der Waals surface area (Å²) in [5.41, 5.74) is 1.82. The molecule has 4 aliphatic heterocycles. The lowest BCUT2D eigenvalue weighted by Gasteiger charge is -2.51. The molecule has 6 rings (SSSR count). The van der Waals surface area contributed by atoms with Gasteiger partial charge in [-0.05, 0) is 38.1 Å². The summed E-state index contributed by atoms with van der Waals surface area (Å²) in [5.74, 6) is 1.39. The van der Waals surface area contributed by atoms with Crippen LogP contribution in [0.2, 0.25) is 0 Å². The molecular weight excluding hydrogens is 401 g/mol. The minimum Gasteiger partial charge on any atom is -0.609 e. The van der Waals surface area contributed by atoms with Gasteiger partial charge in [0.25, 0.3) is 0 Å². The lowest BCUT2D eigenvalue weighted by atomic mass is 9.77. The first-order valence-electron chi connectivity index (χ1n) is 10.2. The maximum Gasteiger partial charge on any atom is 0.710 e. The Labute approximate surface area is 179 Å². The number of hydrogen-bond acceptors (Lipinski definition) is 7. The predicted molar refractivity (Wildman–Crippen MR) is 114 cm³/mol. The third-order valence-electron chi connectivity index (χ3n) is 5.35. The summed E-state index contributed by atoms with van der Waals surface area (Å²) in [6.45, 7) is -0.875. The second kappa shape index (κ2) is 7.35. The van der Waals surface area contributed by atoms with E-state index < -0.39 is 21.1 Å². The Morgan fingerprint density at radius 2 is 1.29 bits per heavy atom. The quantitative estimate of drug-likeness (QED) is 0.621. The summed E-state index contributed by atoms with van der Waals surface area (Å²) in [5, 5.41) is 10.4. The Balaban J connectivity index is 0.000000473. The number of rotatable bonds is 0. The molecule has 2 aromatic rings. The smallest absolute Gasteiger partial charge is 0.609 e. The molecule has 1 N–H and O–H groups in total. The number of fused-ring (bicyclic) bond motifs is 2. The van der Waals surface area contributed by atoms with E-state index in [0.717, 1.165) is 11.1 Å². The number of carbonyl (C=O) groups is 1. The van der Waals surface area contributed by atoms with Crippen LogP contribution in [0.25, 0.3) is 0 Å². The highest BCUT2D eigenvalue weighted by Crippen LogP contribution is 2.37. The SMILES string of the molecule is CC(C)=O.OB1O[B@@-]23Oc4ccccc4C=[N+]2CC[N+]2=Cc4ccccc4O[B@-]2(O1)O3. The standard InChI is InChI=1S/C16H15B3N2O6.C3H6O/c22-17-25-18-20(11-13-5-1-3-7-15(13)23-18)9-10-21-12-14-6-2-4-8-16(14)24-19(21,26-17)27-18;1-3(2)4/h1-8,11-12,22H,9-10H2;1-2H3/t18-,19+;. The van der Waals surface area contributed by atoms with Gasteiger partial charge in [-0.15, -0.1) is 0 Å². The number of hydrogen-bond donors (Lipinski definition) is 1. The van der Waals surface area contributed by atoms with Crippen LogP contribution < -0.4 is 9.31 Å². The third kappa shape index (κ3) is 3.47. The Kier molecular flexibility index (Phi) is 4.74. The molecule has 2 bridgehead atoms. The zero-order valence-corrected chi connectivity index (χ0v) is 17.2. The highest BCUT2D eigenvalue weighted by atomic mass is 16.9. The summed E-state index contributed by atoms with van der Waals surface area (Å²) < 4.78 is 33.5. The molecular formula is C19H21B3N2O7. The molecule has 2 saturated heterocycles. The predicted octanol–water partition coefficient (Wildman–Crippen LogP) is 0.555. The van der Waals surface area contributed by atoms with Crippen molar-refractivity contribution in [2.24, 2.45) is 0 Å². The highest BCUT2D eigenvalue weighted by Gasteiger charge is 2.68. The number of ketones is 1. The topological polar surface area (TPSA) is 89.5 Å². The van der Waals surface area contributed by atoms with Gasteiger partial charge < -0.3 is 41.8 Å². The number of para-hydroxylation sites is 2. The van der Waals surface area contributed by atoms with Crippen molar-refractivity contribution in [1.82, 2.24) is 0 Å². The van der Waals surface area contributed by atoms with Crippen LogP contribution >= 0.6 is 0 Å². The molecule has 9 nitrogen and oxygen atoms in total. The van der Waals surface area contributed by atoms with Crippen molar-refractivity contribution in [3.63, 3.8) is 0 Å². The average molecular weight is 422 g/mol. The normalized spacial score (nSPS) is 27.1. The fraction of sp³-hybridized carbons (Fsp3) is 0.211. The Morgan fingerprint density at radius 1 is 0.871 bits per heavy atom. The number of nitrogens with zero attached hydrogens (tertiary/aromatic N) is 2. The van der Waals surface area contributed by atoms with Gasteiger partial charge in [-0.1, -0.05) is 24.3 Å². The van der Waals surface area contributed by atoms with Gasteiger partial charge in [0.05, 0.1) is 22.6 Å². The van der Waals surface area contributed by atoms with Gasteiger partial charge in [-0.25, -0.2) is 0 Å². The van der Waals surface area contributed by atoms with Crippen LogP contribution in [-0.2, 0) is 18.5 Å². The van der Waals surface area contributed by atoms with E-state index in [1.54, 1.807) is 0 Å². The second-order valence-corrected chi connectivity index (χ2v) is 7.88. The Morgan fingerprint density at radius 3 is 1.74 bits per heavy atom. The van der Waals surface area contributed by atoms with Crippen molar-refractivity contribution in [3.8, 4) is 11.5 Å². The van der Waals surface area contributed by atoms with Crippen LogP contribution in [0.3, 0.4) is 0 Å². The first-order valence-corrected chi connectivity index (χ1v) is 10.2. The van der Waals surface area contributed by atoms with E-state index >= 15 is 0 Å². The molecule has 31 heavy (non-hydrogen) atoms. The van der Waals surface area contributed by atoms with Gasteiger partial charge in [-0.3, -0.25) is 0 Å². The minimum atomic E-state index is -2.50. The number of carbonyl (C=O) groups excluding carboxylic acids is 1. The van der Waals surface area contributed by atoms with Crippen LogP contribution in [0, 0.1) is 0 Å². The van der Waals surface area contributed by atoms with E-state index in [-0.39, 0.29) is 5.78 Å². The van der Waals surface area contributed by atoms with Crippen LogP contribution in [0.4, 0.5) is 0 Å². The maximum absolute atomic E-state index is 10.4. The fourth-order valence-electron chi connectivity index (χ4n) is 4.09. The Bertz CT molecular complexity index is 1040. The molecule has 2 aromatic carbocycles. The van der Waals surface area contributed by atoms with Gasteiger partial charge in [0.2, 0.25) is 0 Å².